The van der Waals surface area contributed by atoms with Crippen LogP contribution >= 0.6 is 0 Å². The van der Waals surface area contributed by atoms with Gasteiger partial charge in [0.2, 0.25) is 0 Å². The quantitative estimate of drug-likeness (QED) is 0.459. The summed E-state index contributed by atoms with van der Waals surface area (Å²) >= 11 is 0. The molecule has 0 saturated carbocycles. The monoisotopic (exact) mass is 309 g/mol. The molecule has 0 N–H and O–H groups in total. The summed E-state index contributed by atoms with van der Waals surface area (Å²) in [6, 6.07) is 0.977. The van der Waals surface area contributed by atoms with Crippen LogP contribution in [0.25, 0.3) is 0 Å². The van der Waals surface area contributed by atoms with E-state index in [-0.39, 0.29) is 0 Å². The smallest absolute Gasteiger partial charge is 0.264 e. The molecule has 1 aromatic heterocycles. The molecule has 0 aliphatic carbocycles. The van der Waals surface area contributed by atoms with Crippen LogP contribution in [0.3, 0.4) is 0 Å². The third kappa shape index (κ3) is 2.98. The fourth-order valence-corrected chi connectivity index (χ4v) is 1.80. The van der Waals surface area contributed by atoms with E-state index in [4.69, 9.17) is 0 Å². The van der Waals surface area contributed by atoms with Gasteiger partial charge in [-0.3, -0.25) is 4.98 Å². The second-order valence-corrected chi connectivity index (χ2v) is 4.17. The Balaban J connectivity index is 2.50. The van der Waals surface area contributed by atoms with Gasteiger partial charge in [0.1, 0.15) is 0 Å². The Morgan fingerprint density at radius 2 is 1.57 bits per heavy atom. The minimum absolute atomic E-state index is 0.320. The van der Waals surface area contributed by atoms with Gasteiger partial charge in [-0.1, -0.05) is 0 Å². The number of pyridine rings is 1. The zero-order valence-electron chi connectivity index (χ0n) is 10.1. The molecule has 1 heterocycles. The van der Waals surface area contributed by atoms with Crippen molar-refractivity contribution in [2.24, 2.45) is 0 Å². The molecule has 0 bridgehead atoms. The summed E-state index contributed by atoms with van der Waals surface area (Å²) in [5.74, 6) is -7.49. The molecule has 0 fully saturated rings. The van der Waals surface area contributed by atoms with Crippen molar-refractivity contribution >= 4 is 0 Å². The highest BCUT2D eigenvalue weighted by Gasteiger charge is 2.33. The summed E-state index contributed by atoms with van der Waals surface area (Å²) in [4.78, 5) is 3.46. The normalized spacial score (nSPS) is 11.8. The summed E-state index contributed by atoms with van der Waals surface area (Å²) in [6.07, 6.45) is -3.82. The molecule has 8 heteroatoms. The highest BCUT2D eigenvalue weighted by molar-refractivity contribution is 5.33. The summed E-state index contributed by atoms with van der Waals surface area (Å²) < 4.78 is 90.6. The van der Waals surface area contributed by atoms with Crippen LogP contribution in [0.5, 0.6) is 0 Å². The summed E-state index contributed by atoms with van der Waals surface area (Å²) in [7, 11) is 0. The maximum atomic E-state index is 13.5. The first-order valence-corrected chi connectivity index (χ1v) is 5.53. The van der Waals surface area contributed by atoms with E-state index >= 15 is 0 Å². The standard InChI is InChI=1S/C13H6F7N/c14-9-4-6(10(15)12(17)11(9)16)3-7-5-21-2-1-8(7)13(18,19)20/h1-2,4-5H,3H2. The molecule has 0 spiro atoms. The Labute approximate surface area is 114 Å². The van der Waals surface area contributed by atoms with E-state index in [0.717, 1.165) is 12.4 Å². The van der Waals surface area contributed by atoms with E-state index in [9.17, 15) is 30.7 Å². The van der Waals surface area contributed by atoms with Crippen molar-refractivity contribution < 1.29 is 30.7 Å². The van der Waals surface area contributed by atoms with Crippen molar-refractivity contribution in [1.82, 2.24) is 4.98 Å². The molecule has 1 nitrogen and oxygen atoms in total. The molecule has 0 aliphatic heterocycles. The Bertz CT molecular complexity index is 679. The van der Waals surface area contributed by atoms with Gasteiger partial charge in [-0.25, -0.2) is 17.6 Å². The fraction of sp³-hybridized carbons (Fsp3) is 0.154. The van der Waals surface area contributed by atoms with Gasteiger partial charge < -0.3 is 0 Å². The molecule has 21 heavy (non-hydrogen) atoms. The van der Waals surface area contributed by atoms with E-state index in [1.54, 1.807) is 0 Å². The predicted molar refractivity (Wildman–Crippen MR) is 58.3 cm³/mol. The van der Waals surface area contributed by atoms with Crippen LogP contribution < -0.4 is 0 Å². The van der Waals surface area contributed by atoms with Crippen molar-refractivity contribution in [2.75, 3.05) is 0 Å². The molecule has 0 aliphatic rings. The van der Waals surface area contributed by atoms with E-state index < -0.39 is 52.6 Å². The zero-order chi connectivity index (χ0) is 15.8. The Morgan fingerprint density at radius 3 is 2.19 bits per heavy atom. The highest BCUT2D eigenvalue weighted by atomic mass is 19.4. The lowest BCUT2D eigenvalue weighted by molar-refractivity contribution is -0.138. The van der Waals surface area contributed by atoms with Gasteiger partial charge in [0.05, 0.1) is 5.56 Å². The molecule has 2 aromatic rings. The van der Waals surface area contributed by atoms with Crippen molar-refractivity contribution in [3.05, 3.63) is 64.5 Å². The molecular weight excluding hydrogens is 303 g/mol. The van der Waals surface area contributed by atoms with Crippen LogP contribution in [0.2, 0.25) is 0 Å². The lowest BCUT2D eigenvalue weighted by Gasteiger charge is -2.12. The molecule has 0 unspecified atom stereocenters. The van der Waals surface area contributed by atoms with Crippen molar-refractivity contribution in [1.29, 1.82) is 0 Å². The number of benzene rings is 1. The first-order chi connectivity index (χ1) is 9.71. The second kappa shape index (κ2) is 5.34. The molecule has 0 atom stereocenters. The number of hydrogen-bond donors (Lipinski definition) is 0. The predicted octanol–water partition coefficient (Wildman–Crippen LogP) is 4.25. The number of alkyl halides is 3. The summed E-state index contributed by atoms with van der Waals surface area (Å²) in [5, 5.41) is 0. The van der Waals surface area contributed by atoms with Gasteiger partial charge in [0.15, 0.2) is 23.3 Å². The van der Waals surface area contributed by atoms with Gasteiger partial charge in [0, 0.05) is 18.8 Å². The van der Waals surface area contributed by atoms with E-state index in [0.29, 0.717) is 12.1 Å². The average molecular weight is 309 g/mol. The largest absolute Gasteiger partial charge is 0.416 e. The Hall–Kier alpha value is -2.12. The Kier molecular flexibility index (Phi) is 3.89. The molecule has 2 rings (SSSR count). The topological polar surface area (TPSA) is 12.9 Å². The van der Waals surface area contributed by atoms with Crippen molar-refractivity contribution in [3.8, 4) is 0 Å². The number of aromatic nitrogens is 1. The minimum Gasteiger partial charge on any atom is -0.264 e. The van der Waals surface area contributed by atoms with Crippen LogP contribution in [0.15, 0.2) is 24.5 Å². The second-order valence-electron chi connectivity index (χ2n) is 4.17. The third-order valence-corrected chi connectivity index (χ3v) is 2.77. The van der Waals surface area contributed by atoms with Gasteiger partial charge in [-0.2, -0.15) is 13.2 Å². The number of hydrogen-bond acceptors (Lipinski definition) is 1. The van der Waals surface area contributed by atoms with E-state index in [1.165, 1.54) is 0 Å². The van der Waals surface area contributed by atoms with Crippen LogP contribution in [0.1, 0.15) is 16.7 Å². The number of rotatable bonds is 2. The highest BCUT2D eigenvalue weighted by Crippen LogP contribution is 2.33. The van der Waals surface area contributed by atoms with Crippen LogP contribution in [-0.2, 0) is 12.6 Å². The SMILES string of the molecule is Fc1cc(Cc2cnccc2C(F)(F)F)c(F)c(F)c1F. The molecule has 1 aromatic carbocycles. The molecule has 0 amide bonds. The molecule has 112 valence electrons. The first kappa shape index (κ1) is 15.3. The number of nitrogens with zero attached hydrogens (tertiary/aromatic N) is 1. The summed E-state index contributed by atoms with van der Waals surface area (Å²) in [6.45, 7) is 0. The van der Waals surface area contributed by atoms with Gasteiger partial charge in [0.25, 0.3) is 0 Å². The van der Waals surface area contributed by atoms with Gasteiger partial charge in [-0.15, -0.1) is 0 Å². The van der Waals surface area contributed by atoms with Gasteiger partial charge in [-0.05, 0) is 23.3 Å². The van der Waals surface area contributed by atoms with Crippen LogP contribution in [0.4, 0.5) is 30.7 Å². The molecular formula is C13H6F7N. The van der Waals surface area contributed by atoms with Crippen LogP contribution in [-0.4, -0.2) is 4.98 Å². The Morgan fingerprint density at radius 1 is 0.905 bits per heavy atom. The first-order valence-electron chi connectivity index (χ1n) is 5.53. The lowest BCUT2D eigenvalue weighted by Crippen LogP contribution is -2.11. The fourth-order valence-electron chi connectivity index (χ4n) is 1.80. The molecule has 0 saturated heterocycles. The van der Waals surface area contributed by atoms with Crippen molar-refractivity contribution in [3.63, 3.8) is 0 Å². The summed E-state index contributed by atoms with van der Waals surface area (Å²) in [5.41, 5.74) is -2.32. The zero-order valence-corrected chi connectivity index (χ0v) is 10.1. The lowest BCUT2D eigenvalue weighted by atomic mass is 10.0. The third-order valence-electron chi connectivity index (χ3n) is 2.77. The van der Waals surface area contributed by atoms with E-state index in [2.05, 4.69) is 4.98 Å². The molecule has 0 radical (unpaired) electrons. The maximum Gasteiger partial charge on any atom is 0.416 e. The minimum atomic E-state index is -4.73. The van der Waals surface area contributed by atoms with E-state index in [1.807, 2.05) is 0 Å². The van der Waals surface area contributed by atoms with Crippen molar-refractivity contribution in [2.45, 2.75) is 12.6 Å². The average Bonchev–Trinajstić information content (AvgIpc) is 2.42. The number of halogens is 7. The maximum absolute atomic E-state index is 13.5. The van der Waals surface area contributed by atoms with Crippen LogP contribution in [0, 0.1) is 23.3 Å². The van der Waals surface area contributed by atoms with Gasteiger partial charge >= 0.3 is 6.18 Å².